The van der Waals surface area contributed by atoms with Gasteiger partial charge in [0.1, 0.15) is 43.2 Å². The van der Waals surface area contributed by atoms with Crippen molar-refractivity contribution in [2.24, 2.45) is 0 Å². The van der Waals surface area contributed by atoms with Gasteiger partial charge in [-0.15, -0.1) is 0 Å². The molecule has 0 radical (unpaired) electrons. The van der Waals surface area contributed by atoms with Gasteiger partial charge in [-0.05, 0) is 0 Å². The Hall–Kier alpha value is -0.950. The second-order valence-corrected chi connectivity index (χ2v) is 6.54. The standard InChI is InChI=1S/C6H13O10P.C6H12O6/c7-1-2(8)3(9)4(10)5(11)6(12)16-17(13,14)15;7-1-3(9)5(11)6(12)4(10)2-8/h2-4,6-10,12H,1H2,(H2,13,14,15);3,5-9,11-12H,1-2H2/t2-,3-,4+,6?;3-,5-,6-/m11/s1. The molecule has 17 heteroatoms. The summed E-state index contributed by atoms with van der Waals surface area (Å²) < 4.78 is 13.8. The van der Waals surface area contributed by atoms with Crippen molar-refractivity contribution < 1.29 is 79.5 Å². The number of rotatable bonds is 12. The van der Waals surface area contributed by atoms with Crippen molar-refractivity contribution in [2.75, 3.05) is 19.8 Å². The Morgan fingerprint density at radius 3 is 1.45 bits per heavy atom. The van der Waals surface area contributed by atoms with E-state index >= 15 is 0 Å². The minimum absolute atomic E-state index is 0.767. The maximum absolute atomic E-state index is 11.1. The number of carbonyl (C=O) groups is 2. The molecule has 0 aliphatic rings. The van der Waals surface area contributed by atoms with E-state index in [9.17, 15) is 14.2 Å². The maximum atomic E-state index is 11.1. The van der Waals surface area contributed by atoms with Gasteiger partial charge in [-0.2, -0.15) is 0 Å². The molecule has 0 aromatic heterocycles. The zero-order valence-electron chi connectivity index (χ0n) is 14.6. The molecule has 16 nitrogen and oxygen atoms in total. The molecule has 0 heterocycles. The molecule has 0 rings (SSSR count). The average Bonchev–Trinajstić information content (AvgIpc) is 2.67. The molecule has 0 bridgehead atoms. The average molecular weight is 456 g/mol. The first-order valence-electron chi connectivity index (χ1n) is 7.53. The fourth-order valence-electron chi connectivity index (χ4n) is 1.42. The molecule has 174 valence electrons. The molecular formula is C12H25O16P. The second kappa shape index (κ2) is 14.1. The van der Waals surface area contributed by atoms with Crippen molar-refractivity contribution in [2.45, 2.75) is 42.9 Å². The summed E-state index contributed by atoms with van der Waals surface area (Å²) in [6.45, 7) is -2.66. The number of aliphatic hydroxyl groups excluding tert-OH is 10. The Morgan fingerprint density at radius 2 is 1.14 bits per heavy atom. The SMILES string of the molecule is O=C(C(O)OP(=O)(O)O)[C@@H](O)[C@H](O)[C@H](O)CO.O=C(CO)[C@@H](O)[C@H](O)[C@H](O)CO. The van der Waals surface area contributed by atoms with Crippen LogP contribution in [-0.2, 0) is 18.7 Å². The Kier molecular flexibility index (Phi) is 14.7. The third kappa shape index (κ3) is 11.7. The monoisotopic (exact) mass is 456 g/mol. The van der Waals surface area contributed by atoms with Crippen LogP contribution in [0.4, 0.5) is 0 Å². The summed E-state index contributed by atoms with van der Waals surface area (Å²) in [5.41, 5.74) is 0. The number of ketones is 2. The molecule has 29 heavy (non-hydrogen) atoms. The third-order valence-electron chi connectivity index (χ3n) is 3.07. The molecule has 0 amide bonds. The predicted molar refractivity (Wildman–Crippen MR) is 86.4 cm³/mol. The van der Waals surface area contributed by atoms with Gasteiger partial charge in [0.25, 0.3) is 0 Å². The second-order valence-electron chi connectivity index (χ2n) is 5.35. The fourth-order valence-corrected chi connectivity index (χ4v) is 1.78. The van der Waals surface area contributed by atoms with E-state index in [1.54, 1.807) is 0 Å². The molecular weight excluding hydrogens is 431 g/mol. The molecule has 0 spiro atoms. The summed E-state index contributed by atoms with van der Waals surface area (Å²) in [5, 5.41) is 87.3. The summed E-state index contributed by atoms with van der Waals surface area (Å²) in [6.07, 6.45) is -14.3. The predicted octanol–water partition coefficient (Wildman–Crippen LogP) is -7.32. The summed E-state index contributed by atoms with van der Waals surface area (Å²) in [5.74, 6) is -2.68. The highest BCUT2D eigenvalue weighted by molar-refractivity contribution is 7.46. The van der Waals surface area contributed by atoms with Gasteiger partial charge in [0.2, 0.25) is 12.1 Å². The third-order valence-corrected chi connectivity index (χ3v) is 3.54. The van der Waals surface area contributed by atoms with Crippen LogP contribution in [0.1, 0.15) is 0 Å². The van der Waals surface area contributed by atoms with Crippen LogP contribution >= 0.6 is 7.82 Å². The largest absolute Gasteiger partial charge is 0.472 e. The number of phosphoric acid groups is 1. The van der Waals surface area contributed by atoms with Crippen LogP contribution in [0.5, 0.6) is 0 Å². The summed E-state index contributed by atoms with van der Waals surface area (Å²) in [7, 11) is -5.15. The van der Waals surface area contributed by atoms with E-state index in [0.29, 0.717) is 0 Å². The van der Waals surface area contributed by atoms with Gasteiger partial charge < -0.3 is 60.9 Å². The normalized spacial score (nSPS) is 19.0. The van der Waals surface area contributed by atoms with Crippen LogP contribution in [0.2, 0.25) is 0 Å². The number of Topliss-reactive ketones (excluding diaryl/α,β-unsaturated/α-hetero) is 2. The van der Waals surface area contributed by atoms with Crippen LogP contribution in [0.25, 0.3) is 0 Å². The highest BCUT2D eigenvalue weighted by atomic mass is 31.2. The van der Waals surface area contributed by atoms with Gasteiger partial charge in [-0.3, -0.25) is 9.59 Å². The Bertz CT molecular complexity index is 536. The van der Waals surface area contributed by atoms with E-state index < -0.39 is 82.1 Å². The molecule has 0 aromatic rings. The summed E-state index contributed by atoms with van der Waals surface area (Å²) in [4.78, 5) is 38.1. The lowest BCUT2D eigenvalue weighted by atomic mass is 10.0. The maximum Gasteiger partial charge on any atom is 0.472 e. The minimum atomic E-state index is -5.15. The van der Waals surface area contributed by atoms with Gasteiger partial charge in [0, 0.05) is 0 Å². The molecule has 0 aliphatic heterocycles. The molecule has 0 saturated carbocycles. The van der Waals surface area contributed by atoms with Crippen LogP contribution < -0.4 is 0 Å². The van der Waals surface area contributed by atoms with Crippen molar-refractivity contribution in [1.82, 2.24) is 0 Å². The lowest BCUT2D eigenvalue weighted by molar-refractivity contribution is -0.163. The lowest BCUT2D eigenvalue weighted by Crippen LogP contribution is -2.47. The molecule has 0 saturated heterocycles. The molecule has 7 atom stereocenters. The highest BCUT2D eigenvalue weighted by Gasteiger charge is 2.36. The van der Waals surface area contributed by atoms with Gasteiger partial charge in [0.05, 0.1) is 13.2 Å². The van der Waals surface area contributed by atoms with Crippen molar-refractivity contribution in [1.29, 1.82) is 0 Å². The Morgan fingerprint density at radius 1 is 0.759 bits per heavy atom. The number of carbonyl (C=O) groups excluding carboxylic acids is 2. The quantitative estimate of drug-likeness (QED) is 0.0958. The van der Waals surface area contributed by atoms with Crippen LogP contribution in [-0.4, -0.2) is 135 Å². The van der Waals surface area contributed by atoms with E-state index in [2.05, 4.69) is 4.52 Å². The van der Waals surface area contributed by atoms with Crippen molar-refractivity contribution in [3.05, 3.63) is 0 Å². The first kappa shape index (κ1) is 30.2. The van der Waals surface area contributed by atoms with Crippen molar-refractivity contribution in [3.8, 4) is 0 Å². The fraction of sp³-hybridized carbons (Fsp3) is 0.833. The molecule has 0 fully saturated rings. The molecule has 12 N–H and O–H groups in total. The topological polar surface area (TPSA) is 303 Å². The number of phosphoric ester groups is 1. The van der Waals surface area contributed by atoms with Gasteiger partial charge in [-0.1, -0.05) is 0 Å². The Labute approximate surface area is 162 Å². The molecule has 0 aliphatic carbocycles. The van der Waals surface area contributed by atoms with Crippen LogP contribution in [0, 0.1) is 0 Å². The zero-order chi connectivity index (χ0) is 23.5. The van der Waals surface area contributed by atoms with E-state index in [1.807, 2.05) is 0 Å². The minimum Gasteiger partial charge on any atom is -0.394 e. The first-order valence-corrected chi connectivity index (χ1v) is 9.06. The van der Waals surface area contributed by atoms with E-state index in [-0.39, 0.29) is 0 Å². The number of hydrogen-bond acceptors (Lipinski definition) is 14. The summed E-state index contributed by atoms with van der Waals surface area (Å²) in [6, 6.07) is 0. The lowest BCUT2D eigenvalue weighted by Gasteiger charge is -2.22. The van der Waals surface area contributed by atoms with E-state index in [1.165, 1.54) is 0 Å². The number of aliphatic hydroxyl groups is 10. The molecule has 0 aromatic carbocycles. The van der Waals surface area contributed by atoms with E-state index in [0.717, 1.165) is 0 Å². The summed E-state index contributed by atoms with van der Waals surface area (Å²) >= 11 is 0. The Balaban J connectivity index is 0. The smallest absolute Gasteiger partial charge is 0.394 e. The van der Waals surface area contributed by atoms with Crippen LogP contribution in [0.15, 0.2) is 0 Å². The van der Waals surface area contributed by atoms with Crippen LogP contribution in [0.3, 0.4) is 0 Å². The molecule has 1 unspecified atom stereocenters. The first-order chi connectivity index (χ1) is 13.1. The van der Waals surface area contributed by atoms with E-state index in [4.69, 9.17) is 60.9 Å². The van der Waals surface area contributed by atoms with Gasteiger partial charge in [0.15, 0.2) is 5.78 Å². The van der Waals surface area contributed by atoms with Crippen molar-refractivity contribution in [3.63, 3.8) is 0 Å². The van der Waals surface area contributed by atoms with Crippen molar-refractivity contribution >= 4 is 19.4 Å². The van der Waals surface area contributed by atoms with Gasteiger partial charge >= 0.3 is 7.82 Å². The zero-order valence-corrected chi connectivity index (χ0v) is 15.5. The highest BCUT2D eigenvalue weighted by Crippen LogP contribution is 2.37. The number of hydrogen-bond donors (Lipinski definition) is 12. The van der Waals surface area contributed by atoms with Gasteiger partial charge in [-0.25, -0.2) is 9.09 Å².